The van der Waals surface area contributed by atoms with Gasteiger partial charge in [-0.15, -0.1) is 10.2 Å². The molecule has 1 aliphatic rings. The van der Waals surface area contributed by atoms with Crippen molar-refractivity contribution in [3.8, 4) is 11.5 Å². The molecule has 0 amide bonds. The topological polar surface area (TPSA) is 69.1 Å². The summed E-state index contributed by atoms with van der Waals surface area (Å²) >= 11 is 1.28. The Bertz CT molecular complexity index is 928. The van der Waals surface area contributed by atoms with E-state index in [-0.39, 0.29) is 11.0 Å². The Morgan fingerprint density at radius 2 is 2.04 bits per heavy atom. The molecule has 0 spiro atoms. The Kier molecular flexibility index (Phi) is 4.21. The van der Waals surface area contributed by atoms with Gasteiger partial charge < -0.3 is 8.83 Å². The van der Waals surface area contributed by atoms with Gasteiger partial charge in [0.05, 0.1) is 17.1 Å². The number of carbonyl (C=O) groups is 1. The van der Waals surface area contributed by atoms with Gasteiger partial charge in [-0.05, 0) is 56.4 Å². The van der Waals surface area contributed by atoms with Gasteiger partial charge in [0.2, 0.25) is 0 Å². The molecule has 5 nitrogen and oxygen atoms in total. The van der Waals surface area contributed by atoms with Crippen molar-refractivity contribution in [1.29, 1.82) is 0 Å². The highest BCUT2D eigenvalue weighted by atomic mass is 32.2. The summed E-state index contributed by atoms with van der Waals surface area (Å²) < 4.78 is 10.9. The normalized spacial score (nSPS) is 14.5. The fraction of sp³-hybridized carbons (Fsp3) is 0.316. The van der Waals surface area contributed by atoms with Gasteiger partial charge in [-0.3, -0.25) is 4.79 Å². The maximum atomic E-state index is 12.7. The van der Waals surface area contributed by atoms with Gasteiger partial charge >= 0.3 is 0 Å². The molecule has 0 saturated carbocycles. The monoisotopic (exact) mass is 354 g/mol. The van der Waals surface area contributed by atoms with Crippen LogP contribution in [0.25, 0.3) is 11.5 Å². The molecule has 0 bridgehead atoms. The van der Waals surface area contributed by atoms with Crippen LogP contribution in [0.4, 0.5) is 0 Å². The molecule has 1 atom stereocenters. The van der Waals surface area contributed by atoms with Gasteiger partial charge in [0.25, 0.3) is 11.1 Å². The zero-order valence-electron chi connectivity index (χ0n) is 14.1. The van der Waals surface area contributed by atoms with Crippen molar-refractivity contribution >= 4 is 17.5 Å². The molecule has 1 aliphatic carbocycles. The molecule has 6 heteroatoms. The van der Waals surface area contributed by atoms with Gasteiger partial charge in [-0.25, -0.2) is 0 Å². The summed E-state index contributed by atoms with van der Waals surface area (Å²) in [6.07, 6.45) is 4.94. The van der Waals surface area contributed by atoms with E-state index in [0.717, 1.165) is 29.7 Å². The second kappa shape index (κ2) is 6.52. The first-order valence-electron chi connectivity index (χ1n) is 8.32. The summed E-state index contributed by atoms with van der Waals surface area (Å²) in [5.41, 5.74) is 4.20. The third kappa shape index (κ3) is 3.14. The number of nitrogens with zero attached hydrogens (tertiary/aromatic N) is 2. The molecule has 1 unspecified atom stereocenters. The van der Waals surface area contributed by atoms with E-state index in [9.17, 15) is 4.79 Å². The predicted molar refractivity (Wildman–Crippen MR) is 94.9 cm³/mol. The third-order valence-corrected chi connectivity index (χ3v) is 5.46. The number of aryl methyl sites for hydroxylation is 3. The Labute approximate surface area is 149 Å². The molecular weight excluding hydrogens is 336 g/mol. The van der Waals surface area contributed by atoms with Crippen molar-refractivity contribution in [2.75, 3.05) is 0 Å². The number of furan rings is 1. The van der Waals surface area contributed by atoms with Crippen molar-refractivity contribution in [2.45, 2.75) is 43.6 Å². The lowest BCUT2D eigenvalue weighted by Crippen LogP contribution is -2.13. The smallest absolute Gasteiger partial charge is 0.277 e. The highest BCUT2D eigenvalue weighted by Crippen LogP contribution is 2.30. The molecule has 0 N–H and O–H groups in total. The summed E-state index contributed by atoms with van der Waals surface area (Å²) in [6, 6.07) is 7.84. The van der Waals surface area contributed by atoms with Gasteiger partial charge in [0, 0.05) is 5.56 Å². The van der Waals surface area contributed by atoms with Crippen LogP contribution in [0.15, 0.2) is 44.6 Å². The first-order chi connectivity index (χ1) is 12.1. The summed E-state index contributed by atoms with van der Waals surface area (Å²) in [5, 5.41) is 8.18. The van der Waals surface area contributed by atoms with Gasteiger partial charge in [-0.2, -0.15) is 0 Å². The molecule has 0 saturated heterocycles. The third-order valence-electron chi connectivity index (χ3n) is 4.53. The standard InChI is InChI=1S/C19H18N2O3S/c1-11-16(8-9-23-11)18-20-21-19(24-18)25-12(2)17(22)15-7-6-13-4-3-5-14(13)10-15/h6-10,12H,3-5H2,1-2H3. The number of ketones is 1. The lowest BCUT2D eigenvalue weighted by molar-refractivity contribution is 0.0993. The predicted octanol–water partition coefficient (Wildman–Crippen LogP) is 4.49. The van der Waals surface area contributed by atoms with Gasteiger partial charge in [0.15, 0.2) is 5.78 Å². The summed E-state index contributed by atoms with van der Waals surface area (Å²) in [7, 11) is 0. The quantitative estimate of drug-likeness (QED) is 0.497. The molecular formula is C19H18N2O3S. The number of benzene rings is 1. The zero-order chi connectivity index (χ0) is 17.4. The highest BCUT2D eigenvalue weighted by Gasteiger charge is 2.22. The fourth-order valence-electron chi connectivity index (χ4n) is 3.14. The van der Waals surface area contributed by atoms with E-state index in [1.165, 1.54) is 29.3 Å². The first-order valence-corrected chi connectivity index (χ1v) is 9.20. The van der Waals surface area contributed by atoms with Crippen LogP contribution in [-0.4, -0.2) is 21.2 Å². The van der Waals surface area contributed by atoms with Crippen LogP contribution in [0, 0.1) is 6.92 Å². The lowest BCUT2D eigenvalue weighted by atomic mass is 10.0. The van der Waals surface area contributed by atoms with Crippen LogP contribution >= 0.6 is 11.8 Å². The van der Waals surface area contributed by atoms with E-state index in [0.29, 0.717) is 11.1 Å². The van der Waals surface area contributed by atoms with Crippen molar-refractivity contribution < 1.29 is 13.6 Å². The zero-order valence-corrected chi connectivity index (χ0v) is 14.9. The summed E-state index contributed by atoms with van der Waals surface area (Å²) in [6.45, 7) is 3.71. The Balaban J connectivity index is 1.48. The maximum Gasteiger partial charge on any atom is 0.277 e. The minimum Gasteiger partial charge on any atom is -0.469 e. The number of thioether (sulfide) groups is 1. The maximum absolute atomic E-state index is 12.7. The average Bonchev–Trinajstić information content (AvgIpc) is 3.33. The van der Waals surface area contributed by atoms with E-state index >= 15 is 0 Å². The minimum atomic E-state index is -0.293. The molecule has 4 rings (SSSR count). The van der Waals surface area contributed by atoms with E-state index < -0.39 is 0 Å². The molecule has 2 aromatic heterocycles. The van der Waals surface area contributed by atoms with Crippen molar-refractivity contribution in [1.82, 2.24) is 10.2 Å². The average molecular weight is 354 g/mol. The van der Waals surface area contributed by atoms with Crippen LogP contribution in [0.1, 0.15) is 40.6 Å². The second-order valence-electron chi connectivity index (χ2n) is 6.22. The van der Waals surface area contributed by atoms with Gasteiger partial charge in [0.1, 0.15) is 5.76 Å². The second-order valence-corrected chi connectivity index (χ2v) is 7.52. The Hall–Kier alpha value is -2.34. The van der Waals surface area contributed by atoms with Crippen LogP contribution in [0.5, 0.6) is 0 Å². The SMILES string of the molecule is Cc1occc1-c1nnc(SC(C)C(=O)c2ccc3c(c2)CCC3)o1. The molecule has 1 aromatic carbocycles. The Morgan fingerprint density at radius 1 is 1.20 bits per heavy atom. The number of Topliss-reactive ketones (excluding diaryl/α,β-unsaturated/α-hetero) is 1. The highest BCUT2D eigenvalue weighted by molar-refractivity contribution is 8.00. The van der Waals surface area contributed by atoms with E-state index in [1.54, 1.807) is 12.3 Å². The first kappa shape index (κ1) is 16.1. The number of rotatable bonds is 5. The summed E-state index contributed by atoms with van der Waals surface area (Å²) in [4.78, 5) is 12.7. The Morgan fingerprint density at radius 3 is 2.84 bits per heavy atom. The largest absolute Gasteiger partial charge is 0.469 e. The summed E-state index contributed by atoms with van der Waals surface area (Å²) in [5.74, 6) is 1.22. The van der Waals surface area contributed by atoms with E-state index in [2.05, 4.69) is 16.3 Å². The van der Waals surface area contributed by atoms with Crippen LogP contribution in [0.2, 0.25) is 0 Å². The number of aromatic nitrogens is 2. The lowest BCUT2D eigenvalue weighted by Gasteiger charge is -2.09. The van der Waals surface area contributed by atoms with Crippen molar-refractivity contribution in [3.63, 3.8) is 0 Å². The van der Waals surface area contributed by atoms with Crippen LogP contribution in [-0.2, 0) is 12.8 Å². The molecule has 25 heavy (non-hydrogen) atoms. The molecule has 128 valence electrons. The van der Waals surface area contributed by atoms with Crippen molar-refractivity contribution in [3.05, 3.63) is 53.0 Å². The van der Waals surface area contributed by atoms with Crippen LogP contribution < -0.4 is 0 Å². The fourth-order valence-corrected chi connectivity index (χ4v) is 3.90. The van der Waals surface area contributed by atoms with Crippen LogP contribution in [0.3, 0.4) is 0 Å². The minimum absolute atomic E-state index is 0.0824. The molecule has 3 aromatic rings. The van der Waals surface area contributed by atoms with Crippen molar-refractivity contribution in [2.24, 2.45) is 0 Å². The molecule has 0 fully saturated rings. The van der Waals surface area contributed by atoms with E-state index in [1.807, 2.05) is 26.0 Å². The number of hydrogen-bond donors (Lipinski definition) is 0. The molecule has 2 heterocycles. The van der Waals surface area contributed by atoms with E-state index in [4.69, 9.17) is 8.83 Å². The van der Waals surface area contributed by atoms with Gasteiger partial charge in [-0.1, -0.05) is 23.9 Å². The molecule has 0 radical (unpaired) electrons. The number of hydrogen-bond acceptors (Lipinski definition) is 6. The molecule has 0 aliphatic heterocycles. The number of carbonyl (C=O) groups excluding carboxylic acids is 1. The number of fused-ring (bicyclic) bond motifs is 1.